The van der Waals surface area contributed by atoms with Gasteiger partial charge in [-0.05, 0) is 6.07 Å². The van der Waals surface area contributed by atoms with Crippen LogP contribution in [0, 0.1) is 0 Å². The average Bonchev–Trinajstić information content (AvgIpc) is 2.74. The van der Waals surface area contributed by atoms with Crippen LogP contribution in [0.1, 0.15) is 12.0 Å². The SMILES string of the molecule is COc1c(-c2cn[nH]c2N)cccc1C(F)F. The molecule has 0 saturated carbocycles. The zero-order valence-electron chi connectivity index (χ0n) is 9.08. The highest BCUT2D eigenvalue weighted by Gasteiger charge is 2.19. The van der Waals surface area contributed by atoms with Crippen molar-refractivity contribution < 1.29 is 13.5 Å². The van der Waals surface area contributed by atoms with E-state index >= 15 is 0 Å². The Labute approximate surface area is 96.4 Å². The molecule has 0 saturated heterocycles. The molecule has 0 radical (unpaired) electrons. The number of H-pyrrole nitrogens is 1. The van der Waals surface area contributed by atoms with Gasteiger partial charge < -0.3 is 10.5 Å². The van der Waals surface area contributed by atoms with Gasteiger partial charge in [0.2, 0.25) is 0 Å². The molecule has 1 heterocycles. The van der Waals surface area contributed by atoms with E-state index in [1.807, 2.05) is 0 Å². The fourth-order valence-corrected chi connectivity index (χ4v) is 1.68. The van der Waals surface area contributed by atoms with Crippen molar-refractivity contribution in [1.82, 2.24) is 10.2 Å². The fraction of sp³-hybridized carbons (Fsp3) is 0.182. The molecular formula is C11H11F2N3O. The van der Waals surface area contributed by atoms with Crippen LogP contribution in [-0.2, 0) is 0 Å². The van der Waals surface area contributed by atoms with E-state index < -0.39 is 6.43 Å². The standard InChI is InChI=1S/C11H11F2N3O/c1-17-9-6(8-5-15-16-11(8)14)3-2-4-7(9)10(12)13/h2-5,10H,1H3,(H3,14,15,16). The lowest BCUT2D eigenvalue weighted by atomic mass is 10.0. The Hall–Kier alpha value is -2.11. The topological polar surface area (TPSA) is 63.9 Å². The van der Waals surface area contributed by atoms with Crippen molar-refractivity contribution in [3.63, 3.8) is 0 Å². The molecule has 0 aliphatic carbocycles. The molecule has 0 fully saturated rings. The zero-order valence-corrected chi connectivity index (χ0v) is 9.08. The lowest BCUT2D eigenvalue weighted by Crippen LogP contribution is -1.96. The Morgan fingerprint density at radius 3 is 2.65 bits per heavy atom. The minimum absolute atomic E-state index is 0.121. The van der Waals surface area contributed by atoms with Crippen molar-refractivity contribution >= 4 is 5.82 Å². The number of rotatable bonds is 3. The van der Waals surface area contributed by atoms with Crippen LogP contribution in [0.5, 0.6) is 5.75 Å². The van der Waals surface area contributed by atoms with Gasteiger partial charge in [0.1, 0.15) is 11.6 Å². The number of nitrogen functional groups attached to an aromatic ring is 1. The molecule has 1 aromatic carbocycles. The van der Waals surface area contributed by atoms with Crippen LogP contribution in [0.3, 0.4) is 0 Å². The molecule has 0 bridgehead atoms. The van der Waals surface area contributed by atoms with Gasteiger partial charge in [-0.1, -0.05) is 12.1 Å². The van der Waals surface area contributed by atoms with Crippen LogP contribution in [0.25, 0.3) is 11.1 Å². The van der Waals surface area contributed by atoms with Gasteiger partial charge in [0.25, 0.3) is 6.43 Å². The average molecular weight is 239 g/mol. The summed E-state index contributed by atoms with van der Waals surface area (Å²) in [4.78, 5) is 0. The number of alkyl halides is 2. The second-order valence-corrected chi connectivity index (χ2v) is 3.43. The summed E-state index contributed by atoms with van der Waals surface area (Å²) in [6.45, 7) is 0. The number of methoxy groups -OCH3 is 1. The van der Waals surface area contributed by atoms with E-state index in [1.165, 1.54) is 25.4 Å². The number of anilines is 1. The van der Waals surface area contributed by atoms with Gasteiger partial charge in [0.15, 0.2) is 0 Å². The van der Waals surface area contributed by atoms with Crippen molar-refractivity contribution in [1.29, 1.82) is 0 Å². The molecule has 1 aromatic heterocycles. The molecule has 3 N–H and O–H groups in total. The number of halogens is 2. The van der Waals surface area contributed by atoms with Crippen LogP contribution in [0.2, 0.25) is 0 Å². The Balaban J connectivity index is 2.62. The molecule has 0 spiro atoms. The number of benzene rings is 1. The third-order valence-electron chi connectivity index (χ3n) is 2.44. The first-order valence-electron chi connectivity index (χ1n) is 4.89. The number of para-hydroxylation sites is 1. The molecule has 2 aromatic rings. The molecular weight excluding hydrogens is 228 g/mol. The lowest BCUT2D eigenvalue weighted by molar-refractivity contribution is 0.147. The molecule has 0 unspecified atom stereocenters. The van der Waals surface area contributed by atoms with Gasteiger partial charge in [0.05, 0.1) is 18.9 Å². The van der Waals surface area contributed by atoms with Crippen LogP contribution in [0.4, 0.5) is 14.6 Å². The number of aromatic nitrogens is 2. The van der Waals surface area contributed by atoms with Gasteiger partial charge in [0, 0.05) is 11.1 Å². The van der Waals surface area contributed by atoms with E-state index in [-0.39, 0.29) is 11.3 Å². The molecule has 0 amide bonds. The summed E-state index contributed by atoms with van der Waals surface area (Å²) in [5, 5.41) is 6.31. The van der Waals surface area contributed by atoms with E-state index in [0.717, 1.165) is 0 Å². The summed E-state index contributed by atoms with van der Waals surface area (Å²) in [7, 11) is 1.35. The van der Waals surface area contributed by atoms with Crippen LogP contribution >= 0.6 is 0 Å². The zero-order chi connectivity index (χ0) is 12.4. The normalized spacial score (nSPS) is 10.8. The number of aromatic amines is 1. The Morgan fingerprint density at radius 2 is 2.12 bits per heavy atom. The highest BCUT2D eigenvalue weighted by molar-refractivity contribution is 5.79. The van der Waals surface area contributed by atoms with E-state index in [9.17, 15) is 8.78 Å². The number of nitrogens with one attached hydrogen (secondary N) is 1. The van der Waals surface area contributed by atoms with Crippen molar-refractivity contribution in [2.24, 2.45) is 0 Å². The predicted octanol–water partition coefficient (Wildman–Crippen LogP) is 2.61. The molecule has 17 heavy (non-hydrogen) atoms. The first-order chi connectivity index (χ1) is 8.15. The number of nitrogens with zero attached hydrogens (tertiary/aromatic N) is 1. The minimum atomic E-state index is -2.60. The van der Waals surface area contributed by atoms with Crippen LogP contribution in [-0.4, -0.2) is 17.3 Å². The molecule has 6 heteroatoms. The second-order valence-electron chi connectivity index (χ2n) is 3.43. The van der Waals surface area contributed by atoms with Crippen LogP contribution < -0.4 is 10.5 Å². The van der Waals surface area contributed by atoms with Crippen molar-refractivity contribution in [3.8, 4) is 16.9 Å². The molecule has 0 atom stereocenters. The quantitative estimate of drug-likeness (QED) is 0.865. The van der Waals surface area contributed by atoms with Gasteiger partial charge in [-0.25, -0.2) is 8.78 Å². The number of nitrogens with two attached hydrogens (primary N) is 1. The van der Waals surface area contributed by atoms with Gasteiger partial charge in [-0.15, -0.1) is 0 Å². The second kappa shape index (κ2) is 4.40. The molecule has 0 aliphatic rings. The first kappa shape index (κ1) is 11.4. The molecule has 90 valence electrons. The van der Waals surface area contributed by atoms with E-state index in [2.05, 4.69) is 10.2 Å². The van der Waals surface area contributed by atoms with Crippen molar-refractivity contribution in [2.75, 3.05) is 12.8 Å². The summed E-state index contributed by atoms with van der Waals surface area (Å²) in [6.07, 6.45) is -1.12. The third-order valence-corrected chi connectivity index (χ3v) is 2.44. The number of hydrogen-bond donors (Lipinski definition) is 2. The minimum Gasteiger partial charge on any atom is -0.496 e. The fourth-order valence-electron chi connectivity index (χ4n) is 1.68. The summed E-state index contributed by atoms with van der Waals surface area (Å²) < 4.78 is 30.6. The number of hydrogen-bond acceptors (Lipinski definition) is 3. The van der Waals surface area contributed by atoms with E-state index in [1.54, 1.807) is 6.07 Å². The molecule has 4 nitrogen and oxygen atoms in total. The largest absolute Gasteiger partial charge is 0.496 e. The van der Waals surface area contributed by atoms with E-state index in [4.69, 9.17) is 10.5 Å². The van der Waals surface area contributed by atoms with Gasteiger partial charge in [-0.2, -0.15) is 5.10 Å². The summed E-state index contributed by atoms with van der Waals surface area (Å²) >= 11 is 0. The van der Waals surface area contributed by atoms with Crippen molar-refractivity contribution in [2.45, 2.75) is 6.43 Å². The van der Waals surface area contributed by atoms with Crippen LogP contribution in [0.15, 0.2) is 24.4 Å². The predicted molar refractivity (Wildman–Crippen MR) is 59.9 cm³/mol. The Kier molecular flexibility index (Phi) is 2.95. The first-order valence-corrected chi connectivity index (χ1v) is 4.89. The molecule has 0 aliphatic heterocycles. The molecule has 2 rings (SSSR count). The Morgan fingerprint density at radius 1 is 1.35 bits per heavy atom. The summed E-state index contributed by atoms with van der Waals surface area (Å²) in [6, 6.07) is 4.51. The van der Waals surface area contributed by atoms with Crippen molar-refractivity contribution in [3.05, 3.63) is 30.0 Å². The maximum absolute atomic E-state index is 12.8. The third kappa shape index (κ3) is 1.93. The number of ether oxygens (including phenoxy) is 1. The Bertz CT molecular complexity index is 525. The lowest BCUT2D eigenvalue weighted by Gasteiger charge is -2.12. The van der Waals surface area contributed by atoms with Gasteiger partial charge in [-0.3, -0.25) is 5.10 Å². The highest BCUT2D eigenvalue weighted by Crippen LogP contribution is 2.39. The monoisotopic (exact) mass is 239 g/mol. The van der Waals surface area contributed by atoms with Gasteiger partial charge >= 0.3 is 0 Å². The smallest absolute Gasteiger partial charge is 0.267 e. The highest BCUT2D eigenvalue weighted by atomic mass is 19.3. The maximum Gasteiger partial charge on any atom is 0.267 e. The van der Waals surface area contributed by atoms with E-state index in [0.29, 0.717) is 16.9 Å². The summed E-state index contributed by atoms with van der Waals surface area (Å²) in [5.74, 6) is 0.435. The maximum atomic E-state index is 12.8. The summed E-state index contributed by atoms with van der Waals surface area (Å²) in [5.41, 5.74) is 6.54.